The number of hydrogen-bond donors (Lipinski definition) is 0. The third-order valence-corrected chi connectivity index (χ3v) is 4.53. The summed E-state index contributed by atoms with van der Waals surface area (Å²) in [5, 5.41) is 4.09. The van der Waals surface area contributed by atoms with Gasteiger partial charge < -0.3 is 8.94 Å². The summed E-state index contributed by atoms with van der Waals surface area (Å²) in [5.74, 6) is 1.86. The topological polar surface area (TPSA) is 65.0 Å². The number of oxazole rings is 1. The van der Waals surface area contributed by atoms with Crippen molar-refractivity contribution < 1.29 is 8.94 Å². The first-order valence-electron chi connectivity index (χ1n) is 7.69. The SMILES string of the molecule is CCc1nc2cc(-c3noc(Cc4ccccc4Br)n3)ccc2o1. The predicted molar refractivity (Wildman–Crippen MR) is 93.6 cm³/mol. The first kappa shape index (κ1) is 15.1. The second-order valence-corrected chi connectivity index (χ2v) is 6.28. The molecule has 4 aromatic rings. The van der Waals surface area contributed by atoms with Gasteiger partial charge in [0.1, 0.15) is 5.52 Å². The minimum Gasteiger partial charge on any atom is -0.441 e. The zero-order valence-electron chi connectivity index (χ0n) is 13.0. The largest absolute Gasteiger partial charge is 0.441 e. The highest BCUT2D eigenvalue weighted by Gasteiger charge is 2.12. The second-order valence-electron chi connectivity index (χ2n) is 5.42. The lowest BCUT2D eigenvalue weighted by Crippen LogP contribution is -1.89. The normalized spacial score (nSPS) is 11.2. The van der Waals surface area contributed by atoms with Gasteiger partial charge in [-0.2, -0.15) is 4.98 Å². The Morgan fingerprint density at radius 1 is 1.04 bits per heavy atom. The Morgan fingerprint density at radius 3 is 2.75 bits per heavy atom. The van der Waals surface area contributed by atoms with E-state index in [9.17, 15) is 0 Å². The molecule has 0 aliphatic carbocycles. The number of fused-ring (bicyclic) bond motifs is 1. The molecule has 0 unspecified atom stereocenters. The number of rotatable bonds is 4. The molecule has 2 aromatic heterocycles. The van der Waals surface area contributed by atoms with Gasteiger partial charge in [0.05, 0.1) is 6.42 Å². The highest BCUT2D eigenvalue weighted by molar-refractivity contribution is 9.10. The Balaban J connectivity index is 1.63. The maximum absolute atomic E-state index is 5.62. The second kappa shape index (κ2) is 6.20. The monoisotopic (exact) mass is 383 g/mol. The predicted octanol–water partition coefficient (Wildman–Crippen LogP) is 4.79. The Morgan fingerprint density at radius 2 is 1.92 bits per heavy atom. The maximum Gasteiger partial charge on any atom is 0.231 e. The van der Waals surface area contributed by atoms with Crippen LogP contribution < -0.4 is 0 Å². The van der Waals surface area contributed by atoms with Crippen molar-refractivity contribution in [2.75, 3.05) is 0 Å². The lowest BCUT2D eigenvalue weighted by atomic mass is 10.1. The van der Waals surface area contributed by atoms with Gasteiger partial charge in [-0.15, -0.1) is 0 Å². The third-order valence-electron chi connectivity index (χ3n) is 3.76. The summed E-state index contributed by atoms with van der Waals surface area (Å²) >= 11 is 3.53. The van der Waals surface area contributed by atoms with Crippen LogP contribution in [0.1, 0.15) is 24.3 Å². The van der Waals surface area contributed by atoms with E-state index >= 15 is 0 Å². The molecule has 0 bridgehead atoms. The van der Waals surface area contributed by atoms with Crippen molar-refractivity contribution in [3.63, 3.8) is 0 Å². The van der Waals surface area contributed by atoms with Crippen LogP contribution in [0, 0.1) is 0 Å². The van der Waals surface area contributed by atoms with Crippen molar-refractivity contribution in [2.24, 2.45) is 0 Å². The summed E-state index contributed by atoms with van der Waals surface area (Å²) in [6.07, 6.45) is 1.35. The highest BCUT2D eigenvalue weighted by atomic mass is 79.9. The van der Waals surface area contributed by atoms with Gasteiger partial charge in [0.25, 0.3) is 0 Å². The molecule has 0 aliphatic rings. The highest BCUT2D eigenvalue weighted by Crippen LogP contribution is 2.24. The van der Waals surface area contributed by atoms with E-state index in [1.807, 2.05) is 49.4 Å². The van der Waals surface area contributed by atoms with Crippen LogP contribution in [0.3, 0.4) is 0 Å². The first-order valence-corrected chi connectivity index (χ1v) is 8.48. The minimum absolute atomic E-state index is 0.556. The van der Waals surface area contributed by atoms with E-state index in [2.05, 4.69) is 31.1 Å². The molecule has 0 saturated carbocycles. The molecule has 0 saturated heterocycles. The van der Waals surface area contributed by atoms with Crippen LogP contribution in [0.25, 0.3) is 22.5 Å². The fourth-order valence-corrected chi connectivity index (χ4v) is 2.94. The van der Waals surface area contributed by atoms with Crippen molar-refractivity contribution in [1.82, 2.24) is 15.1 Å². The van der Waals surface area contributed by atoms with Crippen LogP contribution in [0.15, 0.2) is 55.9 Å². The average molecular weight is 384 g/mol. The molecule has 2 aromatic carbocycles. The molecule has 0 amide bonds. The lowest BCUT2D eigenvalue weighted by molar-refractivity contribution is 0.385. The van der Waals surface area contributed by atoms with Gasteiger partial charge in [-0.25, -0.2) is 4.98 Å². The fraction of sp³-hybridized carbons (Fsp3) is 0.167. The summed E-state index contributed by atoms with van der Waals surface area (Å²) in [6, 6.07) is 13.7. The van der Waals surface area contributed by atoms with Crippen LogP contribution in [-0.2, 0) is 12.8 Å². The van der Waals surface area contributed by atoms with Crippen LogP contribution in [0.2, 0.25) is 0 Å². The van der Waals surface area contributed by atoms with Gasteiger partial charge in [0.2, 0.25) is 11.7 Å². The zero-order chi connectivity index (χ0) is 16.5. The van der Waals surface area contributed by atoms with Gasteiger partial charge in [0, 0.05) is 16.5 Å². The maximum atomic E-state index is 5.62. The van der Waals surface area contributed by atoms with Crippen molar-refractivity contribution >= 4 is 27.0 Å². The number of benzene rings is 2. The third kappa shape index (κ3) is 2.85. The molecule has 120 valence electrons. The Labute approximate surface area is 146 Å². The van der Waals surface area contributed by atoms with E-state index in [0.717, 1.165) is 39.0 Å². The molecular formula is C18H14BrN3O2. The number of hydrogen-bond acceptors (Lipinski definition) is 5. The van der Waals surface area contributed by atoms with E-state index in [-0.39, 0.29) is 0 Å². The molecule has 0 atom stereocenters. The summed E-state index contributed by atoms with van der Waals surface area (Å²) in [4.78, 5) is 8.94. The van der Waals surface area contributed by atoms with Gasteiger partial charge in [0.15, 0.2) is 11.5 Å². The van der Waals surface area contributed by atoms with Crippen LogP contribution in [0.5, 0.6) is 0 Å². The molecule has 0 spiro atoms. The Bertz CT molecular complexity index is 1010. The van der Waals surface area contributed by atoms with Crippen LogP contribution >= 0.6 is 15.9 Å². The molecule has 0 aliphatic heterocycles. The molecule has 4 rings (SSSR count). The molecule has 6 heteroatoms. The molecule has 5 nitrogen and oxygen atoms in total. The van der Waals surface area contributed by atoms with Gasteiger partial charge >= 0.3 is 0 Å². The summed E-state index contributed by atoms with van der Waals surface area (Å²) in [5.41, 5.74) is 3.54. The number of nitrogens with zero attached hydrogens (tertiary/aromatic N) is 3. The zero-order valence-corrected chi connectivity index (χ0v) is 14.6. The summed E-state index contributed by atoms with van der Waals surface area (Å²) in [7, 11) is 0. The van der Waals surface area contributed by atoms with E-state index in [1.165, 1.54) is 0 Å². The lowest BCUT2D eigenvalue weighted by Gasteiger charge is -1.99. The van der Waals surface area contributed by atoms with E-state index in [1.54, 1.807) is 0 Å². The fourth-order valence-electron chi connectivity index (χ4n) is 2.51. The Kier molecular flexibility index (Phi) is 3.90. The van der Waals surface area contributed by atoms with Crippen LogP contribution in [-0.4, -0.2) is 15.1 Å². The molecule has 2 heterocycles. The smallest absolute Gasteiger partial charge is 0.231 e. The Hall–Kier alpha value is -2.47. The van der Waals surface area contributed by atoms with Gasteiger partial charge in [-0.1, -0.05) is 46.2 Å². The van der Waals surface area contributed by atoms with Gasteiger partial charge in [-0.3, -0.25) is 0 Å². The summed E-state index contributed by atoms with van der Waals surface area (Å²) < 4.78 is 12.0. The van der Waals surface area contributed by atoms with Gasteiger partial charge in [-0.05, 0) is 29.8 Å². The molecule has 0 N–H and O–H groups in total. The summed E-state index contributed by atoms with van der Waals surface area (Å²) in [6.45, 7) is 2.01. The van der Waals surface area contributed by atoms with Crippen LogP contribution in [0.4, 0.5) is 0 Å². The number of halogens is 1. The quantitative estimate of drug-likeness (QED) is 0.506. The van der Waals surface area contributed by atoms with E-state index in [4.69, 9.17) is 8.94 Å². The minimum atomic E-state index is 0.556. The van der Waals surface area contributed by atoms with E-state index < -0.39 is 0 Å². The number of aromatic nitrogens is 3. The van der Waals surface area contributed by atoms with Crippen molar-refractivity contribution in [1.29, 1.82) is 0 Å². The molecule has 0 fully saturated rings. The first-order chi connectivity index (χ1) is 11.7. The molecule has 0 radical (unpaired) electrons. The van der Waals surface area contributed by atoms with Crippen molar-refractivity contribution in [3.05, 3.63) is 64.3 Å². The molecule has 24 heavy (non-hydrogen) atoms. The average Bonchev–Trinajstić information content (AvgIpc) is 3.22. The standard InChI is InChI=1S/C18H14BrN3O2/c1-2-16-20-14-9-12(7-8-15(14)23-16)18-21-17(24-22-18)10-11-5-3-4-6-13(11)19/h3-9H,2,10H2,1H3. The van der Waals surface area contributed by atoms with Crippen molar-refractivity contribution in [2.45, 2.75) is 19.8 Å². The number of aryl methyl sites for hydroxylation is 1. The molecular weight excluding hydrogens is 370 g/mol. The van der Waals surface area contributed by atoms with E-state index in [0.29, 0.717) is 18.1 Å². The van der Waals surface area contributed by atoms with Crippen molar-refractivity contribution in [3.8, 4) is 11.4 Å².